The first kappa shape index (κ1) is 12.0. The Bertz CT molecular complexity index is 161. The molecule has 3 heteroatoms. The molecule has 1 saturated heterocycles. The second-order valence-corrected chi connectivity index (χ2v) is 4.42. The van der Waals surface area contributed by atoms with Crippen LogP contribution in [0.1, 0.15) is 33.1 Å². The lowest BCUT2D eigenvalue weighted by Gasteiger charge is -2.30. The van der Waals surface area contributed by atoms with Crippen LogP contribution in [0.5, 0.6) is 0 Å². The molecule has 1 N–H and O–H groups in total. The highest BCUT2D eigenvalue weighted by molar-refractivity contribution is 4.83. The monoisotopic (exact) mass is 201 g/mol. The quantitative estimate of drug-likeness (QED) is 0.727. The highest BCUT2D eigenvalue weighted by Gasteiger charge is 2.28. The molecule has 1 aliphatic heterocycles. The van der Waals surface area contributed by atoms with Gasteiger partial charge < -0.3 is 9.84 Å². The molecule has 0 aromatic heterocycles. The summed E-state index contributed by atoms with van der Waals surface area (Å²) in [6.07, 6.45) is 3.19. The summed E-state index contributed by atoms with van der Waals surface area (Å²) in [7, 11) is 1.75. The van der Waals surface area contributed by atoms with Crippen molar-refractivity contribution in [2.75, 3.05) is 20.3 Å². The van der Waals surface area contributed by atoms with Crippen LogP contribution in [0.25, 0.3) is 0 Å². The fourth-order valence-corrected chi connectivity index (χ4v) is 2.42. The largest absolute Gasteiger partial charge is 0.393 e. The zero-order valence-corrected chi connectivity index (χ0v) is 9.57. The van der Waals surface area contributed by atoms with Crippen molar-refractivity contribution >= 4 is 0 Å². The number of hydrogen-bond donors (Lipinski definition) is 1. The van der Waals surface area contributed by atoms with Gasteiger partial charge in [-0.05, 0) is 39.7 Å². The summed E-state index contributed by atoms with van der Waals surface area (Å²) in [5.41, 5.74) is 0. The van der Waals surface area contributed by atoms with Gasteiger partial charge in [0, 0.05) is 19.2 Å². The number of rotatable bonds is 5. The molecule has 0 aromatic rings. The number of likely N-dealkylation sites (tertiary alicyclic amines) is 1. The summed E-state index contributed by atoms with van der Waals surface area (Å²) in [5, 5.41) is 9.38. The van der Waals surface area contributed by atoms with Gasteiger partial charge in [-0.15, -0.1) is 0 Å². The standard InChI is InChI=1S/C11H23NO2/c1-9(8-14-3)12-6-4-5-11(12)7-10(2)13/h9-11,13H,4-8H2,1-3H3. The molecule has 3 atom stereocenters. The van der Waals surface area contributed by atoms with Crippen molar-refractivity contribution in [3.05, 3.63) is 0 Å². The highest BCUT2D eigenvalue weighted by atomic mass is 16.5. The van der Waals surface area contributed by atoms with Crippen molar-refractivity contribution in [1.29, 1.82) is 0 Å². The van der Waals surface area contributed by atoms with Gasteiger partial charge in [-0.3, -0.25) is 4.90 Å². The van der Waals surface area contributed by atoms with Gasteiger partial charge in [-0.2, -0.15) is 0 Å². The fourth-order valence-electron chi connectivity index (χ4n) is 2.42. The molecule has 0 bridgehead atoms. The van der Waals surface area contributed by atoms with E-state index in [1.807, 2.05) is 6.92 Å². The van der Waals surface area contributed by atoms with Crippen molar-refractivity contribution in [2.24, 2.45) is 0 Å². The van der Waals surface area contributed by atoms with Crippen LogP contribution in [-0.4, -0.2) is 48.5 Å². The van der Waals surface area contributed by atoms with Gasteiger partial charge in [0.25, 0.3) is 0 Å². The Morgan fingerprint density at radius 2 is 2.21 bits per heavy atom. The van der Waals surface area contributed by atoms with Crippen LogP contribution in [0.3, 0.4) is 0 Å². The molecule has 0 saturated carbocycles. The lowest BCUT2D eigenvalue weighted by molar-refractivity contribution is 0.0696. The zero-order chi connectivity index (χ0) is 10.6. The number of nitrogens with zero attached hydrogens (tertiary/aromatic N) is 1. The Balaban J connectivity index is 2.41. The van der Waals surface area contributed by atoms with Gasteiger partial charge in [0.15, 0.2) is 0 Å². The highest BCUT2D eigenvalue weighted by Crippen LogP contribution is 2.23. The third kappa shape index (κ3) is 3.23. The summed E-state index contributed by atoms with van der Waals surface area (Å²) in [5.74, 6) is 0. The summed E-state index contributed by atoms with van der Waals surface area (Å²) < 4.78 is 5.17. The molecule has 14 heavy (non-hydrogen) atoms. The summed E-state index contributed by atoms with van der Waals surface area (Å²) in [6, 6.07) is 1.03. The van der Waals surface area contributed by atoms with E-state index in [-0.39, 0.29) is 6.10 Å². The van der Waals surface area contributed by atoms with Crippen LogP contribution in [0.15, 0.2) is 0 Å². The Kier molecular flexibility index (Phi) is 4.85. The van der Waals surface area contributed by atoms with E-state index in [1.54, 1.807) is 7.11 Å². The van der Waals surface area contributed by atoms with Crippen LogP contribution >= 0.6 is 0 Å². The Morgan fingerprint density at radius 1 is 1.50 bits per heavy atom. The summed E-state index contributed by atoms with van der Waals surface area (Å²) >= 11 is 0. The predicted octanol–water partition coefficient (Wildman–Crippen LogP) is 1.26. The maximum Gasteiger partial charge on any atom is 0.0615 e. The van der Waals surface area contributed by atoms with E-state index in [9.17, 15) is 5.11 Å². The van der Waals surface area contributed by atoms with Gasteiger partial charge in [-0.1, -0.05) is 0 Å². The molecule has 0 spiro atoms. The first-order chi connectivity index (χ1) is 6.65. The van der Waals surface area contributed by atoms with Crippen molar-refractivity contribution in [1.82, 2.24) is 4.90 Å². The molecule has 0 amide bonds. The van der Waals surface area contributed by atoms with Gasteiger partial charge >= 0.3 is 0 Å². The molecule has 3 nitrogen and oxygen atoms in total. The molecule has 0 aromatic carbocycles. The van der Waals surface area contributed by atoms with Gasteiger partial charge in [-0.25, -0.2) is 0 Å². The van der Waals surface area contributed by atoms with Gasteiger partial charge in [0.2, 0.25) is 0 Å². The molecule has 3 unspecified atom stereocenters. The topological polar surface area (TPSA) is 32.7 Å². The SMILES string of the molecule is COCC(C)N1CCCC1CC(C)O. The van der Waals surface area contributed by atoms with Gasteiger partial charge in [0.1, 0.15) is 0 Å². The average molecular weight is 201 g/mol. The normalized spacial score (nSPS) is 27.9. The third-order valence-electron chi connectivity index (χ3n) is 3.01. The van der Waals surface area contributed by atoms with E-state index in [0.29, 0.717) is 12.1 Å². The smallest absolute Gasteiger partial charge is 0.0615 e. The van der Waals surface area contributed by atoms with Crippen molar-refractivity contribution in [2.45, 2.75) is 51.3 Å². The lowest BCUT2D eigenvalue weighted by Crippen LogP contribution is -2.41. The van der Waals surface area contributed by atoms with Crippen LogP contribution in [0.4, 0.5) is 0 Å². The van der Waals surface area contributed by atoms with Crippen molar-refractivity contribution < 1.29 is 9.84 Å². The van der Waals surface area contributed by atoms with Crippen LogP contribution in [0, 0.1) is 0 Å². The average Bonchev–Trinajstić information content (AvgIpc) is 2.51. The Hall–Kier alpha value is -0.120. The minimum absolute atomic E-state index is 0.185. The van der Waals surface area contributed by atoms with E-state index in [4.69, 9.17) is 4.74 Å². The molecule has 1 fully saturated rings. The van der Waals surface area contributed by atoms with Crippen LogP contribution < -0.4 is 0 Å². The number of methoxy groups -OCH3 is 1. The van der Waals surface area contributed by atoms with Gasteiger partial charge in [0.05, 0.1) is 12.7 Å². The number of aliphatic hydroxyl groups is 1. The molecule has 84 valence electrons. The minimum atomic E-state index is -0.185. The maximum atomic E-state index is 9.38. The molecular formula is C11H23NO2. The van der Waals surface area contributed by atoms with E-state index >= 15 is 0 Å². The summed E-state index contributed by atoms with van der Waals surface area (Å²) in [6.45, 7) is 6.01. The zero-order valence-electron chi connectivity index (χ0n) is 9.57. The number of aliphatic hydroxyl groups excluding tert-OH is 1. The lowest BCUT2D eigenvalue weighted by atomic mass is 10.1. The Labute approximate surface area is 87.1 Å². The maximum absolute atomic E-state index is 9.38. The molecule has 1 aliphatic rings. The van der Waals surface area contributed by atoms with E-state index in [0.717, 1.165) is 19.6 Å². The number of hydrogen-bond acceptors (Lipinski definition) is 3. The second kappa shape index (κ2) is 5.69. The van der Waals surface area contributed by atoms with E-state index < -0.39 is 0 Å². The second-order valence-electron chi connectivity index (χ2n) is 4.42. The van der Waals surface area contributed by atoms with Crippen molar-refractivity contribution in [3.63, 3.8) is 0 Å². The molecule has 1 rings (SSSR count). The van der Waals surface area contributed by atoms with E-state index in [2.05, 4.69) is 11.8 Å². The first-order valence-corrected chi connectivity index (χ1v) is 5.58. The number of ether oxygens (including phenoxy) is 1. The van der Waals surface area contributed by atoms with E-state index in [1.165, 1.54) is 12.8 Å². The first-order valence-electron chi connectivity index (χ1n) is 5.58. The third-order valence-corrected chi connectivity index (χ3v) is 3.01. The molecule has 1 heterocycles. The minimum Gasteiger partial charge on any atom is -0.393 e. The Morgan fingerprint density at radius 3 is 2.79 bits per heavy atom. The molecular weight excluding hydrogens is 178 g/mol. The van der Waals surface area contributed by atoms with Crippen LogP contribution in [0.2, 0.25) is 0 Å². The summed E-state index contributed by atoms with van der Waals surface area (Å²) in [4.78, 5) is 2.47. The fraction of sp³-hybridized carbons (Fsp3) is 1.00. The van der Waals surface area contributed by atoms with Crippen molar-refractivity contribution in [3.8, 4) is 0 Å². The predicted molar refractivity (Wildman–Crippen MR) is 57.4 cm³/mol. The van der Waals surface area contributed by atoms with Crippen LogP contribution in [-0.2, 0) is 4.74 Å². The molecule has 0 radical (unpaired) electrons. The molecule has 0 aliphatic carbocycles.